The van der Waals surface area contributed by atoms with E-state index in [9.17, 15) is 13.6 Å². The molecule has 0 saturated heterocycles. The van der Waals surface area contributed by atoms with Crippen LogP contribution in [0.5, 0.6) is 0 Å². The summed E-state index contributed by atoms with van der Waals surface area (Å²) in [6, 6.07) is 0. The Hall–Kier alpha value is -1.46. The first-order chi connectivity index (χ1) is 8.07. The largest absolute Gasteiger partial charge is 0.352 e. The Labute approximate surface area is 97.8 Å². The first kappa shape index (κ1) is 12.0. The molecule has 4 nitrogen and oxygen atoms in total. The number of nitrogens with zero attached hydrogens (tertiary/aromatic N) is 1. The number of H-pyrrole nitrogens is 1. The van der Waals surface area contributed by atoms with Crippen molar-refractivity contribution in [1.82, 2.24) is 15.5 Å². The number of carbonyl (C=O) groups is 1. The molecule has 2 rings (SSSR count). The van der Waals surface area contributed by atoms with Crippen molar-refractivity contribution in [3.8, 4) is 0 Å². The molecular weight excluding hydrogens is 228 g/mol. The molecule has 1 aromatic rings. The van der Waals surface area contributed by atoms with Gasteiger partial charge in [0.05, 0.1) is 6.20 Å². The monoisotopic (exact) mass is 243 g/mol. The highest BCUT2D eigenvalue weighted by molar-refractivity contribution is 5.78. The molecule has 6 heteroatoms. The second-order valence-corrected chi connectivity index (χ2v) is 4.45. The number of halogens is 2. The van der Waals surface area contributed by atoms with E-state index < -0.39 is 5.92 Å². The van der Waals surface area contributed by atoms with Crippen molar-refractivity contribution in [3.05, 3.63) is 18.0 Å². The standard InChI is InChI=1S/C11H15F2N3O/c12-11(13)3-1-9(2-4-11)10(17)14-5-8-6-15-16-7-8/h6-7,9H,1-5H2,(H,14,17)(H,15,16). The Balaban J connectivity index is 1.77. The summed E-state index contributed by atoms with van der Waals surface area (Å²) < 4.78 is 25.8. The van der Waals surface area contributed by atoms with Crippen molar-refractivity contribution < 1.29 is 13.6 Å². The molecule has 17 heavy (non-hydrogen) atoms. The molecule has 0 unspecified atom stereocenters. The molecule has 0 radical (unpaired) electrons. The number of hydrogen-bond donors (Lipinski definition) is 2. The van der Waals surface area contributed by atoms with Crippen LogP contribution >= 0.6 is 0 Å². The van der Waals surface area contributed by atoms with Gasteiger partial charge in [-0.15, -0.1) is 0 Å². The lowest BCUT2D eigenvalue weighted by Crippen LogP contribution is -2.35. The normalized spacial score (nSPS) is 20.1. The first-order valence-electron chi connectivity index (χ1n) is 5.70. The van der Waals surface area contributed by atoms with Crippen LogP contribution in [0.25, 0.3) is 0 Å². The van der Waals surface area contributed by atoms with Crippen molar-refractivity contribution in [2.24, 2.45) is 5.92 Å². The molecule has 1 aromatic heterocycles. The molecule has 1 fully saturated rings. The van der Waals surface area contributed by atoms with E-state index in [0.29, 0.717) is 6.54 Å². The summed E-state index contributed by atoms with van der Waals surface area (Å²) in [7, 11) is 0. The number of aromatic amines is 1. The van der Waals surface area contributed by atoms with Crippen LogP contribution < -0.4 is 5.32 Å². The highest BCUT2D eigenvalue weighted by Crippen LogP contribution is 2.36. The molecule has 1 amide bonds. The fraction of sp³-hybridized carbons (Fsp3) is 0.636. The van der Waals surface area contributed by atoms with Gasteiger partial charge in [0.1, 0.15) is 0 Å². The summed E-state index contributed by atoms with van der Waals surface area (Å²) >= 11 is 0. The van der Waals surface area contributed by atoms with Crippen molar-refractivity contribution in [1.29, 1.82) is 0 Å². The number of carbonyl (C=O) groups excluding carboxylic acids is 1. The predicted octanol–water partition coefficient (Wildman–Crippen LogP) is 1.85. The van der Waals surface area contributed by atoms with E-state index in [2.05, 4.69) is 15.5 Å². The third-order valence-electron chi connectivity index (χ3n) is 3.11. The number of aromatic nitrogens is 2. The Bertz CT molecular complexity index is 368. The van der Waals surface area contributed by atoms with Gasteiger partial charge in [-0.25, -0.2) is 8.78 Å². The average Bonchev–Trinajstić information content (AvgIpc) is 2.78. The molecule has 1 heterocycles. The van der Waals surface area contributed by atoms with E-state index in [1.54, 1.807) is 12.4 Å². The second-order valence-electron chi connectivity index (χ2n) is 4.45. The summed E-state index contributed by atoms with van der Waals surface area (Å²) in [5, 5.41) is 9.14. The Morgan fingerprint density at radius 3 is 2.82 bits per heavy atom. The second kappa shape index (κ2) is 4.81. The minimum Gasteiger partial charge on any atom is -0.352 e. The zero-order valence-corrected chi connectivity index (χ0v) is 9.38. The average molecular weight is 243 g/mol. The summed E-state index contributed by atoms with van der Waals surface area (Å²) in [5.41, 5.74) is 0.875. The summed E-state index contributed by atoms with van der Waals surface area (Å²) in [5.74, 6) is -3.00. The third-order valence-corrected chi connectivity index (χ3v) is 3.11. The van der Waals surface area contributed by atoms with Crippen LogP contribution in [0.3, 0.4) is 0 Å². The molecule has 0 spiro atoms. The SMILES string of the molecule is O=C(NCc1cn[nH]c1)C1CCC(F)(F)CC1. The first-order valence-corrected chi connectivity index (χ1v) is 5.70. The number of alkyl halides is 2. The zero-order valence-electron chi connectivity index (χ0n) is 9.38. The summed E-state index contributed by atoms with van der Waals surface area (Å²) in [6.07, 6.45) is 3.48. The van der Waals surface area contributed by atoms with E-state index in [4.69, 9.17) is 0 Å². The lowest BCUT2D eigenvalue weighted by atomic mass is 9.86. The van der Waals surface area contributed by atoms with Crippen LogP contribution in [0.2, 0.25) is 0 Å². The lowest BCUT2D eigenvalue weighted by molar-refractivity contribution is -0.129. The van der Waals surface area contributed by atoms with E-state index >= 15 is 0 Å². The van der Waals surface area contributed by atoms with Gasteiger partial charge in [-0.2, -0.15) is 5.10 Å². The van der Waals surface area contributed by atoms with Gasteiger partial charge in [-0.1, -0.05) is 0 Å². The summed E-state index contributed by atoms with van der Waals surface area (Å²) in [6.45, 7) is 0.391. The van der Waals surface area contributed by atoms with E-state index in [-0.39, 0.29) is 37.5 Å². The van der Waals surface area contributed by atoms with Gasteiger partial charge in [0.2, 0.25) is 11.8 Å². The van der Waals surface area contributed by atoms with E-state index in [1.165, 1.54) is 0 Å². The molecule has 94 valence electrons. The van der Waals surface area contributed by atoms with Gasteiger partial charge < -0.3 is 5.32 Å². The van der Waals surface area contributed by atoms with Crippen LogP contribution in [0.1, 0.15) is 31.2 Å². The summed E-state index contributed by atoms with van der Waals surface area (Å²) in [4.78, 5) is 11.7. The van der Waals surface area contributed by atoms with Gasteiger partial charge in [0.15, 0.2) is 0 Å². The van der Waals surface area contributed by atoms with Crippen molar-refractivity contribution in [2.45, 2.75) is 38.2 Å². The lowest BCUT2D eigenvalue weighted by Gasteiger charge is -2.27. The maximum atomic E-state index is 12.9. The van der Waals surface area contributed by atoms with Crippen molar-refractivity contribution in [3.63, 3.8) is 0 Å². The molecule has 1 aliphatic rings. The highest BCUT2D eigenvalue weighted by atomic mass is 19.3. The highest BCUT2D eigenvalue weighted by Gasteiger charge is 2.37. The number of nitrogens with one attached hydrogen (secondary N) is 2. The molecule has 0 atom stereocenters. The molecule has 0 bridgehead atoms. The Kier molecular flexibility index (Phi) is 3.40. The molecule has 1 saturated carbocycles. The Morgan fingerprint density at radius 1 is 1.53 bits per heavy atom. The zero-order chi connectivity index (χ0) is 12.3. The fourth-order valence-electron chi connectivity index (χ4n) is 2.01. The third kappa shape index (κ3) is 3.25. The number of hydrogen-bond acceptors (Lipinski definition) is 2. The van der Waals surface area contributed by atoms with Gasteiger partial charge in [-0.05, 0) is 12.8 Å². The molecular formula is C11H15F2N3O. The molecule has 1 aliphatic carbocycles. The maximum Gasteiger partial charge on any atom is 0.248 e. The smallest absolute Gasteiger partial charge is 0.248 e. The minimum atomic E-state index is -2.58. The van der Waals surface area contributed by atoms with Gasteiger partial charge in [-0.3, -0.25) is 9.89 Å². The number of amides is 1. The van der Waals surface area contributed by atoms with Crippen LogP contribution in [-0.4, -0.2) is 22.0 Å². The predicted molar refractivity (Wildman–Crippen MR) is 57.3 cm³/mol. The maximum absolute atomic E-state index is 12.9. The van der Waals surface area contributed by atoms with Crippen molar-refractivity contribution in [2.75, 3.05) is 0 Å². The van der Waals surface area contributed by atoms with Crippen LogP contribution in [0.15, 0.2) is 12.4 Å². The van der Waals surface area contributed by atoms with Gasteiger partial charge >= 0.3 is 0 Å². The van der Waals surface area contributed by atoms with Crippen LogP contribution in [0.4, 0.5) is 8.78 Å². The number of rotatable bonds is 3. The topological polar surface area (TPSA) is 57.8 Å². The van der Waals surface area contributed by atoms with Gasteiger partial charge in [0.25, 0.3) is 0 Å². The van der Waals surface area contributed by atoms with Crippen molar-refractivity contribution >= 4 is 5.91 Å². The van der Waals surface area contributed by atoms with E-state index in [1.807, 2.05) is 0 Å². The van der Waals surface area contributed by atoms with Crippen LogP contribution in [0, 0.1) is 5.92 Å². The quantitative estimate of drug-likeness (QED) is 0.851. The molecule has 2 N–H and O–H groups in total. The van der Waals surface area contributed by atoms with Crippen LogP contribution in [-0.2, 0) is 11.3 Å². The van der Waals surface area contributed by atoms with E-state index in [0.717, 1.165) is 5.56 Å². The van der Waals surface area contributed by atoms with Gasteiger partial charge in [0, 0.05) is 37.1 Å². The molecule has 0 aromatic carbocycles. The molecule has 0 aliphatic heterocycles. The fourth-order valence-corrected chi connectivity index (χ4v) is 2.01. The Morgan fingerprint density at radius 2 is 2.24 bits per heavy atom. The minimum absolute atomic E-state index is 0.137.